The van der Waals surface area contributed by atoms with Crippen molar-refractivity contribution in [1.29, 1.82) is 0 Å². The van der Waals surface area contributed by atoms with Crippen molar-refractivity contribution in [2.75, 3.05) is 46.8 Å². The molecular weight excluding hydrogens is 226 g/mol. The smallest absolute Gasteiger partial charge is 0.236 e. The van der Waals surface area contributed by atoms with E-state index in [4.69, 9.17) is 0 Å². The molecule has 0 aliphatic heterocycles. The van der Waals surface area contributed by atoms with Crippen molar-refractivity contribution in [3.8, 4) is 0 Å². The molecule has 0 aliphatic carbocycles. The average molecular weight is 257 g/mol. The van der Waals surface area contributed by atoms with Crippen LogP contribution in [-0.4, -0.2) is 62.5 Å². The Labute approximate surface area is 113 Å². The summed E-state index contributed by atoms with van der Waals surface area (Å²) in [6.45, 7) is 12.7. The fourth-order valence-electron chi connectivity index (χ4n) is 1.87. The van der Waals surface area contributed by atoms with E-state index in [-0.39, 0.29) is 5.91 Å². The maximum atomic E-state index is 12.3. The minimum absolute atomic E-state index is 0.246. The van der Waals surface area contributed by atoms with Crippen LogP contribution < -0.4 is 5.32 Å². The number of carbonyl (C=O) groups is 1. The second-order valence-electron chi connectivity index (χ2n) is 5.93. The number of hydrogen-bond acceptors (Lipinski definition) is 3. The molecule has 0 radical (unpaired) electrons. The molecule has 0 saturated heterocycles. The summed E-state index contributed by atoms with van der Waals surface area (Å²) in [4.78, 5) is 16.3. The predicted molar refractivity (Wildman–Crippen MR) is 77.7 cm³/mol. The van der Waals surface area contributed by atoms with E-state index in [1.807, 2.05) is 19.0 Å². The average Bonchev–Trinajstić information content (AvgIpc) is 2.24. The third-order valence-electron chi connectivity index (χ3n) is 2.67. The molecule has 0 aromatic carbocycles. The number of amides is 1. The molecule has 1 amide bonds. The molecule has 18 heavy (non-hydrogen) atoms. The van der Waals surface area contributed by atoms with Crippen molar-refractivity contribution in [1.82, 2.24) is 15.1 Å². The highest BCUT2D eigenvalue weighted by Crippen LogP contribution is 2.05. The lowest BCUT2D eigenvalue weighted by atomic mass is 10.1. The quantitative estimate of drug-likeness (QED) is 0.676. The summed E-state index contributed by atoms with van der Waals surface area (Å²) in [5.74, 6) is 1.29. The molecular formula is C14H31N3O. The molecule has 4 nitrogen and oxygen atoms in total. The van der Waals surface area contributed by atoms with Gasteiger partial charge in [0.25, 0.3) is 0 Å². The number of hydrogen-bond donors (Lipinski definition) is 1. The highest BCUT2D eigenvalue weighted by molar-refractivity contribution is 5.78. The SMILES string of the molecule is CNCCN(C)CC(=O)N(CC(C)C)CC(C)C. The normalized spacial score (nSPS) is 11.6. The van der Waals surface area contributed by atoms with Crippen LogP contribution in [0, 0.1) is 11.8 Å². The van der Waals surface area contributed by atoms with Crippen LogP contribution >= 0.6 is 0 Å². The third kappa shape index (κ3) is 8.48. The van der Waals surface area contributed by atoms with Gasteiger partial charge in [0.1, 0.15) is 0 Å². The summed E-state index contributed by atoms with van der Waals surface area (Å²) >= 11 is 0. The Morgan fingerprint density at radius 1 is 1.11 bits per heavy atom. The molecule has 0 atom stereocenters. The molecule has 0 spiro atoms. The Bertz CT molecular complexity index is 219. The first-order valence-corrected chi connectivity index (χ1v) is 6.97. The molecule has 0 bridgehead atoms. The van der Waals surface area contributed by atoms with Crippen molar-refractivity contribution in [3.05, 3.63) is 0 Å². The Balaban J connectivity index is 4.27. The summed E-state index contributed by atoms with van der Waals surface area (Å²) in [5, 5.41) is 3.10. The third-order valence-corrected chi connectivity index (χ3v) is 2.67. The first-order chi connectivity index (χ1) is 8.36. The summed E-state index contributed by atoms with van der Waals surface area (Å²) in [6, 6.07) is 0. The lowest BCUT2D eigenvalue weighted by Gasteiger charge is -2.28. The fraction of sp³-hybridized carbons (Fsp3) is 0.929. The lowest BCUT2D eigenvalue weighted by molar-refractivity contribution is -0.133. The van der Waals surface area contributed by atoms with Crippen molar-refractivity contribution in [2.45, 2.75) is 27.7 Å². The van der Waals surface area contributed by atoms with Gasteiger partial charge in [-0.05, 0) is 25.9 Å². The van der Waals surface area contributed by atoms with Crippen LogP contribution in [0.25, 0.3) is 0 Å². The minimum Gasteiger partial charge on any atom is -0.341 e. The van der Waals surface area contributed by atoms with E-state index in [1.165, 1.54) is 0 Å². The standard InChI is InChI=1S/C14H31N3O/c1-12(2)9-17(10-13(3)4)14(18)11-16(6)8-7-15-5/h12-13,15H,7-11H2,1-6H3. The van der Waals surface area contributed by atoms with Gasteiger partial charge in [-0.3, -0.25) is 9.69 Å². The predicted octanol–water partition coefficient (Wildman–Crippen LogP) is 1.28. The number of nitrogens with zero attached hydrogens (tertiary/aromatic N) is 2. The van der Waals surface area contributed by atoms with Crippen LogP contribution in [-0.2, 0) is 4.79 Å². The van der Waals surface area contributed by atoms with Crippen LogP contribution in [0.2, 0.25) is 0 Å². The lowest BCUT2D eigenvalue weighted by Crippen LogP contribution is -2.43. The Morgan fingerprint density at radius 2 is 1.61 bits per heavy atom. The van der Waals surface area contributed by atoms with E-state index >= 15 is 0 Å². The van der Waals surface area contributed by atoms with Gasteiger partial charge >= 0.3 is 0 Å². The summed E-state index contributed by atoms with van der Waals surface area (Å²) in [7, 11) is 3.93. The van der Waals surface area contributed by atoms with Crippen molar-refractivity contribution >= 4 is 5.91 Å². The van der Waals surface area contributed by atoms with E-state index in [1.54, 1.807) is 0 Å². The van der Waals surface area contributed by atoms with Crippen molar-refractivity contribution in [2.24, 2.45) is 11.8 Å². The highest BCUT2D eigenvalue weighted by atomic mass is 16.2. The molecule has 0 rings (SSSR count). The van der Waals surface area contributed by atoms with Crippen LogP contribution in [0.5, 0.6) is 0 Å². The van der Waals surface area contributed by atoms with E-state index in [0.717, 1.165) is 26.2 Å². The monoisotopic (exact) mass is 257 g/mol. The van der Waals surface area contributed by atoms with Gasteiger partial charge in [-0.2, -0.15) is 0 Å². The van der Waals surface area contributed by atoms with Crippen molar-refractivity contribution < 1.29 is 4.79 Å². The van der Waals surface area contributed by atoms with Gasteiger partial charge in [0.2, 0.25) is 5.91 Å². The zero-order valence-electron chi connectivity index (χ0n) is 13.0. The topological polar surface area (TPSA) is 35.6 Å². The molecule has 0 aromatic rings. The molecule has 108 valence electrons. The number of nitrogens with one attached hydrogen (secondary N) is 1. The van der Waals surface area contributed by atoms with Gasteiger partial charge in [-0.1, -0.05) is 27.7 Å². The zero-order valence-corrected chi connectivity index (χ0v) is 13.0. The molecule has 0 aromatic heterocycles. The molecule has 0 saturated carbocycles. The molecule has 0 unspecified atom stereocenters. The van der Waals surface area contributed by atoms with E-state index in [0.29, 0.717) is 18.4 Å². The second-order valence-corrected chi connectivity index (χ2v) is 5.93. The molecule has 4 heteroatoms. The zero-order chi connectivity index (χ0) is 14.1. The van der Waals surface area contributed by atoms with Crippen molar-refractivity contribution in [3.63, 3.8) is 0 Å². The fourth-order valence-corrected chi connectivity index (χ4v) is 1.87. The van der Waals surface area contributed by atoms with E-state index in [9.17, 15) is 4.79 Å². The largest absolute Gasteiger partial charge is 0.341 e. The van der Waals surface area contributed by atoms with Crippen LogP contribution in [0.15, 0.2) is 0 Å². The minimum atomic E-state index is 0.246. The first-order valence-electron chi connectivity index (χ1n) is 6.97. The first kappa shape index (κ1) is 17.4. The van der Waals surface area contributed by atoms with Gasteiger partial charge in [0, 0.05) is 26.2 Å². The highest BCUT2D eigenvalue weighted by Gasteiger charge is 2.17. The van der Waals surface area contributed by atoms with Gasteiger partial charge in [-0.15, -0.1) is 0 Å². The van der Waals surface area contributed by atoms with Gasteiger partial charge in [0.05, 0.1) is 6.54 Å². The van der Waals surface area contributed by atoms with Gasteiger partial charge in [0.15, 0.2) is 0 Å². The molecule has 0 aliphatic rings. The maximum Gasteiger partial charge on any atom is 0.236 e. The second kappa shape index (κ2) is 9.34. The number of likely N-dealkylation sites (N-methyl/N-ethyl adjacent to an activating group) is 2. The van der Waals surface area contributed by atoms with E-state index < -0.39 is 0 Å². The molecule has 1 N–H and O–H groups in total. The summed E-state index contributed by atoms with van der Waals surface area (Å²) in [5.41, 5.74) is 0. The van der Waals surface area contributed by atoms with Gasteiger partial charge in [-0.25, -0.2) is 0 Å². The molecule has 0 heterocycles. The Morgan fingerprint density at radius 3 is 2.00 bits per heavy atom. The number of rotatable bonds is 9. The molecule has 0 fully saturated rings. The maximum absolute atomic E-state index is 12.3. The Hall–Kier alpha value is -0.610. The van der Waals surface area contributed by atoms with E-state index in [2.05, 4.69) is 37.9 Å². The number of carbonyl (C=O) groups excluding carboxylic acids is 1. The summed E-state index contributed by atoms with van der Waals surface area (Å²) in [6.07, 6.45) is 0. The van der Waals surface area contributed by atoms with Crippen LogP contribution in [0.4, 0.5) is 0 Å². The summed E-state index contributed by atoms with van der Waals surface area (Å²) < 4.78 is 0. The Kier molecular flexibility index (Phi) is 9.02. The van der Waals surface area contributed by atoms with Gasteiger partial charge < -0.3 is 10.2 Å². The van der Waals surface area contributed by atoms with Crippen LogP contribution in [0.1, 0.15) is 27.7 Å². The van der Waals surface area contributed by atoms with Crippen LogP contribution in [0.3, 0.4) is 0 Å².